The van der Waals surface area contributed by atoms with E-state index in [-0.39, 0.29) is 5.78 Å². The minimum absolute atomic E-state index is 0.206. The fourth-order valence-electron chi connectivity index (χ4n) is 3.55. The van der Waals surface area contributed by atoms with Crippen molar-refractivity contribution >= 4 is 29.7 Å². The highest BCUT2D eigenvalue weighted by Crippen LogP contribution is 2.45. The van der Waals surface area contributed by atoms with E-state index in [2.05, 4.69) is 50.7 Å². The molecule has 0 spiro atoms. The second-order valence-corrected chi connectivity index (χ2v) is 8.79. The zero-order valence-corrected chi connectivity index (χ0v) is 15.8. The minimum Gasteiger partial charge on any atom is -0.294 e. The van der Waals surface area contributed by atoms with Crippen LogP contribution in [0.15, 0.2) is 24.3 Å². The van der Waals surface area contributed by atoms with Crippen LogP contribution in [-0.2, 0) is 19.3 Å². The number of hydrogen-bond acceptors (Lipinski definition) is 3. The number of fused-ring (bicyclic) bond motifs is 1. The molecule has 0 amide bonds. The highest BCUT2D eigenvalue weighted by Gasteiger charge is 2.31. The first-order valence-electron chi connectivity index (χ1n) is 8.27. The van der Waals surface area contributed by atoms with Crippen molar-refractivity contribution in [2.45, 2.75) is 46.5 Å². The lowest BCUT2D eigenvalue weighted by Gasteiger charge is -2.29. The molecule has 0 bridgehead atoms. The van der Waals surface area contributed by atoms with Gasteiger partial charge < -0.3 is 0 Å². The molecule has 0 saturated heterocycles. The van der Waals surface area contributed by atoms with Gasteiger partial charge in [-0.1, -0.05) is 38.1 Å². The Morgan fingerprint density at radius 3 is 2.74 bits per heavy atom. The summed E-state index contributed by atoms with van der Waals surface area (Å²) in [6.07, 6.45) is 4.21. The van der Waals surface area contributed by atoms with Gasteiger partial charge in [-0.25, -0.2) is 0 Å². The molecule has 2 aromatic rings. The van der Waals surface area contributed by atoms with Crippen molar-refractivity contribution in [3.8, 4) is 10.4 Å². The van der Waals surface area contributed by atoms with Gasteiger partial charge >= 0.3 is 0 Å². The molecule has 0 unspecified atom stereocenters. The maximum atomic E-state index is 12.4. The van der Waals surface area contributed by atoms with E-state index in [1.54, 1.807) is 6.92 Å². The van der Waals surface area contributed by atoms with Crippen LogP contribution in [0.4, 0.5) is 0 Å². The van der Waals surface area contributed by atoms with Gasteiger partial charge in [0.2, 0.25) is 0 Å². The topological polar surface area (TPSA) is 17.1 Å². The lowest BCUT2D eigenvalue weighted by molar-refractivity contribution is 0.101. The van der Waals surface area contributed by atoms with Crippen molar-refractivity contribution in [2.24, 2.45) is 5.41 Å². The number of benzene rings is 1. The number of thiol groups is 1. The van der Waals surface area contributed by atoms with Crippen molar-refractivity contribution in [3.63, 3.8) is 0 Å². The van der Waals surface area contributed by atoms with Gasteiger partial charge in [-0.15, -0.1) is 11.3 Å². The largest absolute Gasteiger partial charge is 0.294 e. The molecule has 0 atom stereocenters. The molecule has 1 aliphatic carbocycles. The molecule has 0 N–H and O–H groups in total. The Hall–Kier alpha value is -1.06. The normalized spacial score (nSPS) is 16.2. The average molecular weight is 345 g/mol. The van der Waals surface area contributed by atoms with Crippen LogP contribution in [0.5, 0.6) is 0 Å². The van der Waals surface area contributed by atoms with Gasteiger partial charge in [0.15, 0.2) is 5.78 Å². The summed E-state index contributed by atoms with van der Waals surface area (Å²) in [6, 6.07) is 8.47. The molecule has 1 aromatic heterocycles. The van der Waals surface area contributed by atoms with Crippen LogP contribution in [0.1, 0.15) is 53.6 Å². The molecular weight excluding hydrogens is 320 g/mol. The van der Waals surface area contributed by atoms with E-state index in [0.717, 1.165) is 37.0 Å². The number of rotatable bonds is 4. The lowest BCUT2D eigenvalue weighted by Crippen LogP contribution is -2.21. The molecule has 0 radical (unpaired) electrons. The number of thiophene rings is 1. The lowest BCUT2D eigenvalue weighted by atomic mass is 9.76. The first kappa shape index (κ1) is 16.8. The maximum Gasteiger partial charge on any atom is 0.161 e. The van der Waals surface area contributed by atoms with Gasteiger partial charge in [-0.3, -0.25) is 4.79 Å². The van der Waals surface area contributed by atoms with Crippen molar-refractivity contribution in [1.82, 2.24) is 0 Å². The van der Waals surface area contributed by atoms with Crippen molar-refractivity contribution in [1.29, 1.82) is 0 Å². The minimum atomic E-state index is 0.206. The molecule has 0 saturated carbocycles. The van der Waals surface area contributed by atoms with Crippen LogP contribution in [0, 0.1) is 5.41 Å². The van der Waals surface area contributed by atoms with E-state index >= 15 is 0 Å². The molecule has 3 heteroatoms. The van der Waals surface area contributed by atoms with Crippen molar-refractivity contribution in [2.75, 3.05) is 5.75 Å². The van der Waals surface area contributed by atoms with Crippen LogP contribution >= 0.6 is 24.0 Å². The molecular formula is C20H24OS2. The summed E-state index contributed by atoms with van der Waals surface area (Å²) in [4.78, 5) is 15.0. The number of ketones is 1. The Balaban J connectivity index is 2.17. The third-order valence-electron chi connectivity index (χ3n) is 4.78. The molecule has 1 nitrogen and oxygen atoms in total. The van der Waals surface area contributed by atoms with E-state index < -0.39 is 0 Å². The van der Waals surface area contributed by atoms with Crippen LogP contribution in [0.2, 0.25) is 0 Å². The Kier molecular flexibility index (Phi) is 4.70. The number of Topliss-reactive ketones (excluding diaryl/α,β-unsaturated/α-hetero) is 1. The SMILES string of the molecule is CC(=O)c1c(-c2ccccc2CCS)sc2c1CCC(C)(C)C2. The van der Waals surface area contributed by atoms with E-state index in [1.807, 2.05) is 11.3 Å². The standard InChI is InChI=1S/C20H24OS2/c1-13(21)18-16-8-10-20(2,3)12-17(16)23-19(18)15-7-5-4-6-14(15)9-11-22/h4-7,22H,8-12H2,1-3H3. The summed E-state index contributed by atoms with van der Waals surface area (Å²) in [5.41, 5.74) is 5.16. The second-order valence-electron chi connectivity index (χ2n) is 7.24. The summed E-state index contributed by atoms with van der Waals surface area (Å²) >= 11 is 6.23. The first-order valence-corrected chi connectivity index (χ1v) is 9.72. The summed E-state index contributed by atoms with van der Waals surface area (Å²) < 4.78 is 0. The fourth-order valence-corrected chi connectivity index (χ4v) is 5.50. The van der Waals surface area contributed by atoms with E-state index in [4.69, 9.17) is 0 Å². The highest BCUT2D eigenvalue weighted by molar-refractivity contribution is 7.80. The molecule has 122 valence electrons. The Morgan fingerprint density at radius 1 is 1.30 bits per heavy atom. The third-order valence-corrected chi connectivity index (χ3v) is 6.27. The first-order chi connectivity index (χ1) is 10.9. The monoisotopic (exact) mass is 344 g/mol. The second kappa shape index (κ2) is 6.45. The Morgan fingerprint density at radius 2 is 2.04 bits per heavy atom. The Labute approximate surface area is 148 Å². The van der Waals surface area contributed by atoms with Crippen molar-refractivity contribution in [3.05, 3.63) is 45.8 Å². The van der Waals surface area contributed by atoms with Crippen LogP contribution < -0.4 is 0 Å². The van der Waals surface area contributed by atoms with Gasteiger partial charge in [-0.05, 0) is 60.5 Å². The van der Waals surface area contributed by atoms with E-state index in [0.29, 0.717) is 5.41 Å². The Bertz CT molecular complexity index is 740. The van der Waals surface area contributed by atoms with Crippen LogP contribution in [0.3, 0.4) is 0 Å². The van der Waals surface area contributed by atoms with Crippen LogP contribution in [0.25, 0.3) is 10.4 Å². The maximum absolute atomic E-state index is 12.4. The quantitative estimate of drug-likeness (QED) is 0.564. The van der Waals surface area contributed by atoms with E-state index in [9.17, 15) is 4.79 Å². The number of carbonyl (C=O) groups is 1. The van der Waals surface area contributed by atoms with Crippen LogP contribution in [-0.4, -0.2) is 11.5 Å². The summed E-state index contributed by atoms with van der Waals surface area (Å²) in [7, 11) is 0. The number of carbonyl (C=O) groups excluding carboxylic acids is 1. The molecule has 0 fully saturated rings. The average Bonchev–Trinajstić information content (AvgIpc) is 2.85. The molecule has 1 aliphatic rings. The van der Waals surface area contributed by atoms with Gasteiger partial charge in [0.1, 0.15) is 0 Å². The number of hydrogen-bond donors (Lipinski definition) is 1. The zero-order chi connectivity index (χ0) is 16.6. The molecule has 1 heterocycles. The molecule has 0 aliphatic heterocycles. The summed E-state index contributed by atoms with van der Waals surface area (Å²) in [5.74, 6) is 1.03. The number of aryl methyl sites for hydroxylation is 1. The fraction of sp³-hybridized carbons (Fsp3) is 0.450. The predicted molar refractivity (Wildman–Crippen MR) is 103 cm³/mol. The summed E-state index contributed by atoms with van der Waals surface area (Å²) in [6.45, 7) is 6.38. The van der Waals surface area contributed by atoms with Gasteiger partial charge in [0.25, 0.3) is 0 Å². The zero-order valence-electron chi connectivity index (χ0n) is 14.1. The van der Waals surface area contributed by atoms with Crippen molar-refractivity contribution < 1.29 is 4.79 Å². The predicted octanol–water partition coefficient (Wildman–Crippen LogP) is 5.60. The molecule has 23 heavy (non-hydrogen) atoms. The van der Waals surface area contributed by atoms with Gasteiger partial charge in [-0.2, -0.15) is 12.6 Å². The molecule has 3 rings (SSSR count). The van der Waals surface area contributed by atoms with Gasteiger partial charge in [0.05, 0.1) is 0 Å². The third kappa shape index (κ3) is 3.27. The van der Waals surface area contributed by atoms with E-state index in [1.165, 1.54) is 26.4 Å². The van der Waals surface area contributed by atoms with Gasteiger partial charge in [0, 0.05) is 15.3 Å². The smallest absolute Gasteiger partial charge is 0.161 e. The summed E-state index contributed by atoms with van der Waals surface area (Å²) in [5, 5.41) is 0. The highest BCUT2D eigenvalue weighted by atomic mass is 32.1. The molecule has 1 aromatic carbocycles.